The molecule has 2 heteroatoms. The molecule has 0 spiro atoms. The van der Waals surface area contributed by atoms with Gasteiger partial charge in [-0.05, 0) is 10.8 Å². The number of thiophene rings is 1. The summed E-state index contributed by atoms with van der Waals surface area (Å²) in [5.41, 5.74) is 0. The van der Waals surface area contributed by atoms with Crippen molar-refractivity contribution in [2.24, 2.45) is 0 Å². The minimum absolute atomic E-state index is 0. The number of rotatable bonds is 0. The Morgan fingerprint density at radius 2 is 0.833 bits per heavy atom. The SMILES string of the molecule is [Sn].c1ccccc1.c1ccsc1. The minimum Gasteiger partial charge on any atom is -0.152 e. The third-order valence-corrected chi connectivity index (χ3v) is 1.72. The van der Waals surface area contributed by atoms with Crippen LogP contribution < -0.4 is 0 Å². The second-order valence-electron chi connectivity index (χ2n) is 1.95. The topological polar surface area (TPSA) is 0 Å². The van der Waals surface area contributed by atoms with Crippen LogP contribution in [0.25, 0.3) is 0 Å². The molecule has 0 fully saturated rings. The number of benzene rings is 1. The summed E-state index contributed by atoms with van der Waals surface area (Å²) in [6.07, 6.45) is 0. The Labute approximate surface area is 94.2 Å². The van der Waals surface area contributed by atoms with E-state index < -0.39 is 0 Å². The van der Waals surface area contributed by atoms with E-state index in [-0.39, 0.29) is 23.9 Å². The summed E-state index contributed by atoms with van der Waals surface area (Å²) in [7, 11) is 0. The third kappa shape index (κ3) is 6.43. The molecule has 4 radical (unpaired) electrons. The molecule has 12 heavy (non-hydrogen) atoms. The molecule has 0 unspecified atom stereocenters. The van der Waals surface area contributed by atoms with Gasteiger partial charge in [-0.15, -0.1) is 0 Å². The van der Waals surface area contributed by atoms with Crippen LogP contribution in [-0.2, 0) is 0 Å². The summed E-state index contributed by atoms with van der Waals surface area (Å²) in [5.74, 6) is 0. The maximum absolute atomic E-state index is 2.04. The molecule has 0 aliphatic carbocycles. The second kappa shape index (κ2) is 8.81. The van der Waals surface area contributed by atoms with Gasteiger partial charge in [-0.2, -0.15) is 11.3 Å². The van der Waals surface area contributed by atoms with Crippen molar-refractivity contribution < 1.29 is 0 Å². The van der Waals surface area contributed by atoms with Gasteiger partial charge in [-0.25, -0.2) is 0 Å². The first-order valence-corrected chi connectivity index (χ1v) is 4.41. The van der Waals surface area contributed by atoms with Crippen LogP contribution >= 0.6 is 11.3 Å². The van der Waals surface area contributed by atoms with Gasteiger partial charge in [0.15, 0.2) is 0 Å². The Hall–Kier alpha value is -0.281. The van der Waals surface area contributed by atoms with E-state index in [0.717, 1.165) is 0 Å². The molecule has 1 heterocycles. The smallest absolute Gasteiger partial charge is 0 e. The third-order valence-electron chi connectivity index (χ3n) is 1.09. The molecule has 0 amide bonds. The average molecular weight is 281 g/mol. The monoisotopic (exact) mass is 282 g/mol. The van der Waals surface area contributed by atoms with Crippen LogP contribution in [0, 0.1) is 0 Å². The normalized spacial score (nSPS) is 7.33. The van der Waals surface area contributed by atoms with Crippen molar-refractivity contribution in [3.05, 3.63) is 59.3 Å². The molecule has 60 valence electrons. The molecule has 0 saturated carbocycles. The van der Waals surface area contributed by atoms with Gasteiger partial charge in [-0.1, -0.05) is 48.5 Å². The quantitative estimate of drug-likeness (QED) is 0.651. The second-order valence-corrected chi connectivity index (χ2v) is 2.76. The van der Waals surface area contributed by atoms with Crippen LogP contribution in [0.4, 0.5) is 0 Å². The Balaban J connectivity index is 0.000000189. The zero-order valence-corrected chi connectivity index (χ0v) is 10.4. The zero-order chi connectivity index (χ0) is 7.78. The summed E-state index contributed by atoms with van der Waals surface area (Å²) < 4.78 is 0. The molecule has 1 aromatic heterocycles. The van der Waals surface area contributed by atoms with E-state index in [4.69, 9.17) is 0 Å². The molecule has 2 aromatic rings. The van der Waals surface area contributed by atoms with Gasteiger partial charge in [0.25, 0.3) is 0 Å². The van der Waals surface area contributed by atoms with E-state index in [1.54, 1.807) is 11.3 Å². The van der Waals surface area contributed by atoms with Crippen molar-refractivity contribution in [2.75, 3.05) is 0 Å². The van der Waals surface area contributed by atoms with Crippen LogP contribution in [0.15, 0.2) is 59.3 Å². The molecule has 0 aliphatic heterocycles. The van der Waals surface area contributed by atoms with Gasteiger partial charge in [0.05, 0.1) is 0 Å². The van der Waals surface area contributed by atoms with Gasteiger partial charge in [-0.3, -0.25) is 0 Å². The summed E-state index contributed by atoms with van der Waals surface area (Å²) in [6, 6.07) is 16.0. The van der Waals surface area contributed by atoms with E-state index in [2.05, 4.69) is 0 Å². The standard InChI is InChI=1S/C6H6.C4H4S.Sn/c1-2-4-6-5-3-1;1-2-4-5-3-1;/h1-6H;1-4H;. The maximum atomic E-state index is 2.04. The molecule has 2 rings (SSSR count). The summed E-state index contributed by atoms with van der Waals surface area (Å²) in [6.45, 7) is 0. The largest absolute Gasteiger partial charge is 0.152 e. The van der Waals surface area contributed by atoms with Crippen molar-refractivity contribution in [1.82, 2.24) is 0 Å². The average Bonchev–Trinajstić information content (AvgIpc) is 2.64. The number of hydrogen-bond acceptors (Lipinski definition) is 1. The van der Waals surface area contributed by atoms with E-state index >= 15 is 0 Å². The molecule has 0 bridgehead atoms. The van der Waals surface area contributed by atoms with Gasteiger partial charge >= 0.3 is 0 Å². The fourth-order valence-corrected chi connectivity index (χ4v) is 1.07. The van der Waals surface area contributed by atoms with Crippen LogP contribution in [0.2, 0.25) is 0 Å². The Kier molecular flexibility index (Phi) is 8.61. The van der Waals surface area contributed by atoms with Crippen molar-refractivity contribution in [1.29, 1.82) is 0 Å². The number of hydrogen-bond donors (Lipinski definition) is 0. The first-order chi connectivity index (χ1) is 5.50. The molecule has 0 N–H and O–H groups in total. The minimum atomic E-state index is 0. The van der Waals surface area contributed by atoms with Crippen molar-refractivity contribution in [2.45, 2.75) is 0 Å². The van der Waals surface area contributed by atoms with Gasteiger partial charge in [0, 0.05) is 23.9 Å². The van der Waals surface area contributed by atoms with Crippen molar-refractivity contribution >= 4 is 35.2 Å². The maximum Gasteiger partial charge on any atom is 0 e. The predicted molar refractivity (Wildman–Crippen MR) is 56.5 cm³/mol. The van der Waals surface area contributed by atoms with E-state index in [9.17, 15) is 0 Å². The fourth-order valence-electron chi connectivity index (χ4n) is 0.612. The molecular formula is C10H10SSn. The molecule has 0 atom stereocenters. The van der Waals surface area contributed by atoms with E-state index in [1.165, 1.54) is 0 Å². The summed E-state index contributed by atoms with van der Waals surface area (Å²) in [5, 5.41) is 4.08. The Morgan fingerprint density at radius 3 is 1.00 bits per heavy atom. The van der Waals surface area contributed by atoms with Gasteiger partial charge in [0.1, 0.15) is 0 Å². The first kappa shape index (κ1) is 11.7. The van der Waals surface area contributed by atoms with Crippen LogP contribution in [0.5, 0.6) is 0 Å². The van der Waals surface area contributed by atoms with Gasteiger partial charge < -0.3 is 0 Å². The molecule has 1 aromatic carbocycles. The van der Waals surface area contributed by atoms with E-state index in [1.807, 2.05) is 59.3 Å². The van der Waals surface area contributed by atoms with Crippen LogP contribution in [0.1, 0.15) is 0 Å². The Bertz CT molecular complexity index is 196. The molecular weight excluding hydrogens is 271 g/mol. The van der Waals surface area contributed by atoms with Crippen molar-refractivity contribution in [3.63, 3.8) is 0 Å². The van der Waals surface area contributed by atoms with Crippen molar-refractivity contribution in [3.8, 4) is 0 Å². The van der Waals surface area contributed by atoms with Crippen LogP contribution in [-0.4, -0.2) is 23.9 Å². The predicted octanol–water partition coefficient (Wildman–Crippen LogP) is 3.05. The molecule has 0 nitrogen and oxygen atoms in total. The summed E-state index contributed by atoms with van der Waals surface area (Å²) >= 11 is 1.71. The molecule has 0 aliphatic rings. The van der Waals surface area contributed by atoms with Crippen LogP contribution in [0.3, 0.4) is 0 Å². The first-order valence-electron chi connectivity index (χ1n) is 3.47. The summed E-state index contributed by atoms with van der Waals surface area (Å²) in [4.78, 5) is 0. The zero-order valence-electron chi connectivity index (χ0n) is 6.68. The Morgan fingerprint density at radius 1 is 0.500 bits per heavy atom. The van der Waals surface area contributed by atoms with Gasteiger partial charge in [0.2, 0.25) is 0 Å². The fraction of sp³-hybridized carbons (Fsp3) is 0. The molecule has 0 saturated heterocycles. The van der Waals surface area contributed by atoms with E-state index in [0.29, 0.717) is 0 Å².